The minimum Gasteiger partial charge on any atom is -0.335 e. The topological polar surface area (TPSA) is 73.2 Å². The Morgan fingerprint density at radius 2 is 2.04 bits per heavy atom. The lowest BCUT2D eigenvalue weighted by Gasteiger charge is -2.25. The number of halogens is 1. The van der Waals surface area contributed by atoms with Crippen molar-refractivity contribution < 1.29 is 9.59 Å². The van der Waals surface area contributed by atoms with E-state index in [0.29, 0.717) is 23.6 Å². The molecule has 7 heteroatoms. The molecule has 3 rings (SSSR count). The lowest BCUT2D eigenvalue weighted by Crippen LogP contribution is -2.47. The van der Waals surface area contributed by atoms with Crippen molar-refractivity contribution in [3.05, 3.63) is 65.2 Å². The summed E-state index contributed by atoms with van der Waals surface area (Å²) in [6.07, 6.45) is 1.37. The fourth-order valence-electron chi connectivity index (χ4n) is 3.20. The molecule has 2 aromatic carbocycles. The molecule has 1 fully saturated rings. The molecule has 0 spiro atoms. The molecular formula is C21H20ClN3O2S. The number of rotatable bonds is 6. The number of hydrogen-bond donors (Lipinski definition) is 1. The van der Waals surface area contributed by atoms with Crippen molar-refractivity contribution in [3.8, 4) is 6.07 Å². The van der Waals surface area contributed by atoms with Gasteiger partial charge in [-0.1, -0.05) is 41.9 Å². The Kier molecular flexibility index (Phi) is 6.96. The summed E-state index contributed by atoms with van der Waals surface area (Å²) in [7, 11) is 0. The highest BCUT2D eigenvalue weighted by atomic mass is 35.5. The quantitative estimate of drug-likeness (QED) is 0.731. The predicted octanol–water partition coefficient (Wildman–Crippen LogP) is 3.80. The maximum absolute atomic E-state index is 12.8. The van der Waals surface area contributed by atoms with Crippen LogP contribution in [0.4, 0.5) is 0 Å². The van der Waals surface area contributed by atoms with E-state index in [-0.39, 0.29) is 17.6 Å². The van der Waals surface area contributed by atoms with Crippen molar-refractivity contribution in [1.29, 1.82) is 5.26 Å². The molecular weight excluding hydrogens is 394 g/mol. The maximum Gasteiger partial charge on any atom is 0.244 e. The zero-order chi connectivity index (χ0) is 19.9. The van der Waals surface area contributed by atoms with Crippen molar-refractivity contribution in [3.63, 3.8) is 0 Å². The van der Waals surface area contributed by atoms with E-state index < -0.39 is 12.1 Å². The molecule has 0 aromatic heterocycles. The first-order valence-corrected chi connectivity index (χ1v) is 10.4. The normalized spacial score (nSPS) is 17.0. The minimum atomic E-state index is -0.803. The number of hydrogen-bond acceptors (Lipinski definition) is 4. The number of nitriles is 1. The highest BCUT2D eigenvalue weighted by Gasteiger charge is 2.34. The number of likely N-dealkylation sites (tertiary alicyclic amines) is 1. The average Bonchev–Trinajstić information content (AvgIpc) is 3.21. The molecule has 2 atom stereocenters. The van der Waals surface area contributed by atoms with Crippen LogP contribution in [0.5, 0.6) is 0 Å². The van der Waals surface area contributed by atoms with Crippen LogP contribution < -0.4 is 5.32 Å². The summed E-state index contributed by atoms with van der Waals surface area (Å²) in [6, 6.07) is 17.3. The van der Waals surface area contributed by atoms with Gasteiger partial charge in [0.25, 0.3) is 0 Å². The molecule has 1 unspecified atom stereocenters. The molecule has 2 amide bonds. The Morgan fingerprint density at radius 3 is 2.75 bits per heavy atom. The number of thioether (sulfide) groups is 1. The summed E-state index contributed by atoms with van der Waals surface area (Å²) < 4.78 is 0. The van der Waals surface area contributed by atoms with E-state index in [9.17, 15) is 14.9 Å². The van der Waals surface area contributed by atoms with Crippen molar-refractivity contribution in [1.82, 2.24) is 10.2 Å². The number of nitrogens with zero attached hydrogens (tertiary/aromatic N) is 2. The Bertz CT molecular complexity index is 885. The summed E-state index contributed by atoms with van der Waals surface area (Å²) in [5.41, 5.74) is 0.624. The number of carbonyl (C=O) groups is 2. The van der Waals surface area contributed by atoms with E-state index in [1.165, 1.54) is 11.8 Å². The second-order valence-corrected chi connectivity index (χ2v) is 7.96. The Morgan fingerprint density at radius 1 is 1.25 bits per heavy atom. The Hall–Kier alpha value is -2.49. The van der Waals surface area contributed by atoms with Gasteiger partial charge in [-0.05, 0) is 42.7 Å². The van der Waals surface area contributed by atoms with E-state index in [1.807, 2.05) is 30.3 Å². The van der Waals surface area contributed by atoms with E-state index in [0.717, 1.165) is 11.3 Å². The molecule has 0 bridgehead atoms. The SMILES string of the molecule is N#CC(NC(=O)[C@@H]1CCCN1C(=O)CSc1ccccc1)c1cccc(Cl)c1. The van der Waals surface area contributed by atoms with Gasteiger partial charge in [0, 0.05) is 16.5 Å². The minimum absolute atomic E-state index is 0.0669. The first-order valence-electron chi connectivity index (χ1n) is 9.01. The van der Waals surface area contributed by atoms with E-state index in [4.69, 9.17) is 11.6 Å². The van der Waals surface area contributed by atoms with E-state index in [1.54, 1.807) is 29.2 Å². The smallest absolute Gasteiger partial charge is 0.244 e. The first-order chi connectivity index (χ1) is 13.6. The van der Waals surface area contributed by atoms with Crippen molar-refractivity contribution in [2.24, 2.45) is 0 Å². The van der Waals surface area contributed by atoms with Crippen LogP contribution in [-0.4, -0.2) is 35.1 Å². The van der Waals surface area contributed by atoms with Crippen molar-refractivity contribution >= 4 is 35.2 Å². The molecule has 0 aliphatic carbocycles. The molecule has 1 aliphatic heterocycles. The van der Waals surface area contributed by atoms with Gasteiger partial charge in [-0.25, -0.2) is 0 Å². The summed E-state index contributed by atoms with van der Waals surface area (Å²) in [4.78, 5) is 28.1. The largest absolute Gasteiger partial charge is 0.335 e. The monoisotopic (exact) mass is 413 g/mol. The zero-order valence-corrected chi connectivity index (χ0v) is 16.7. The fraction of sp³-hybridized carbons (Fsp3) is 0.286. The lowest BCUT2D eigenvalue weighted by atomic mass is 10.1. The van der Waals surface area contributed by atoms with Gasteiger partial charge in [-0.15, -0.1) is 11.8 Å². The molecule has 5 nitrogen and oxygen atoms in total. The molecule has 1 N–H and O–H groups in total. The van der Waals surface area contributed by atoms with Crippen LogP contribution in [0.1, 0.15) is 24.4 Å². The number of amides is 2. The number of benzene rings is 2. The third-order valence-electron chi connectivity index (χ3n) is 4.58. The highest BCUT2D eigenvalue weighted by Crippen LogP contribution is 2.23. The lowest BCUT2D eigenvalue weighted by molar-refractivity contribution is -0.136. The fourth-order valence-corrected chi connectivity index (χ4v) is 4.20. The Labute approximate surface area is 173 Å². The molecule has 1 saturated heterocycles. The van der Waals surface area contributed by atoms with Crippen LogP contribution in [0.25, 0.3) is 0 Å². The standard InChI is InChI=1S/C21H20ClN3O2S/c22-16-7-4-6-15(12-16)18(13-23)24-21(27)19-10-5-11-25(19)20(26)14-28-17-8-2-1-3-9-17/h1-4,6-9,12,18-19H,5,10-11,14H2,(H,24,27)/t18?,19-/m0/s1. The molecule has 1 heterocycles. The third kappa shape index (κ3) is 5.06. The van der Waals surface area contributed by atoms with Crippen LogP contribution in [0.2, 0.25) is 5.02 Å². The van der Waals surface area contributed by atoms with Gasteiger partial charge in [-0.2, -0.15) is 5.26 Å². The summed E-state index contributed by atoms with van der Waals surface area (Å²) in [6.45, 7) is 0.556. The van der Waals surface area contributed by atoms with Gasteiger partial charge in [-0.3, -0.25) is 9.59 Å². The Balaban J connectivity index is 1.62. The van der Waals surface area contributed by atoms with Crippen LogP contribution in [0.3, 0.4) is 0 Å². The average molecular weight is 414 g/mol. The van der Waals surface area contributed by atoms with Gasteiger partial charge in [0.2, 0.25) is 11.8 Å². The molecule has 28 heavy (non-hydrogen) atoms. The molecule has 144 valence electrons. The number of nitrogens with one attached hydrogen (secondary N) is 1. The van der Waals surface area contributed by atoms with E-state index >= 15 is 0 Å². The summed E-state index contributed by atoms with van der Waals surface area (Å²) in [5, 5.41) is 12.7. The van der Waals surface area contributed by atoms with E-state index in [2.05, 4.69) is 11.4 Å². The highest BCUT2D eigenvalue weighted by molar-refractivity contribution is 8.00. The molecule has 1 aliphatic rings. The van der Waals surface area contributed by atoms with Crippen molar-refractivity contribution in [2.45, 2.75) is 29.8 Å². The second-order valence-electron chi connectivity index (χ2n) is 6.47. The van der Waals surface area contributed by atoms with Gasteiger partial charge < -0.3 is 10.2 Å². The van der Waals surface area contributed by atoms with Crippen LogP contribution in [-0.2, 0) is 9.59 Å². The molecule has 2 aromatic rings. The van der Waals surface area contributed by atoms with Crippen molar-refractivity contribution in [2.75, 3.05) is 12.3 Å². The number of carbonyl (C=O) groups excluding carboxylic acids is 2. The summed E-state index contributed by atoms with van der Waals surface area (Å²) in [5.74, 6) is -0.0890. The van der Waals surface area contributed by atoms with Gasteiger partial charge in [0.1, 0.15) is 12.1 Å². The predicted molar refractivity (Wildman–Crippen MR) is 110 cm³/mol. The van der Waals surface area contributed by atoms with Crippen LogP contribution >= 0.6 is 23.4 Å². The molecule has 0 radical (unpaired) electrons. The van der Waals surface area contributed by atoms with Gasteiger partial charge in [0.05, 0.1) is 11.8 Å². The summed E-state index contributed by atoms with van der Waals surface area (Å²) >= 11 is 7.44. The van der Waals surface area contributed by atoms with Crippen LogP contribution in [0.15, 0.2) is 59.5 Å². The van der Waals surface area contributed by atoms with Gasteiger partial charge in [0.15, 0.2) is 0 Å². The van der Waals surface area contributed by atoms with Gasteiger partial charge >= 0.3 is 0 Å². The zero-order valence-electron chi connectivity index (χ0n) is 15.2. The first kappa shape index (κ1) is 20.2. The maximum atomic E-state index is 12.8. The third-order valence-corrected chi connectivity index (χ3v) is 5.81. The van der Waals surface area contributed by atoms with Crippen LogP contribution in [0, 0.1) is 11.3 Å². The molecule has 0 saturated carbocycles. The second kappa shape index (κ2) is 9.63.